The Morgan fingerprint density at radius 2 is 0.628 bits per heavy atom. The van der Waals surface area contributed by atoms with Crippen LogP contribution in [0.25, 0.3) is 0 Å². The maximum Gasteiger partial charge on any atom is 0.304 e. The topological polar surface area (TPSA) is 459 Å². The van der Waals surface area contributed by atoms with Crippen molar-refractivity contribution >= 4 is 35.8 Å². The zero-order valence-corrected chi connectivity index (χ0v) is 76.5. The van der Waals surface area contributed by atoms with Gasteiger partial charge in [0.25, 0.3) is 0 Å². The lowest BCUT2D eigenvalue weighted by Gasteiger charge is -2.20. The van der Waals surface area contributed by atoms with Crippen LogP contribution in [-0.4, -0.2) is 120 Å². The molecule has 0 aliphatic heterocycles. The fourth-order valence-corrected chi connectivity index (χ4v) is 11.0. The molecule has 0 aliphatic rings. The zero-order valence-electron chi connectivity index (χ0n) is 76.5. The number of hydrogen-bond donors (Lipinski definition) is 18. The molecule has 0 heterocycles. The maximum absolute atomic E-state index is 14.0. The highest BCUT2D eigenvalue weighted by atomic mass is 19.3. The molecule has 6 aromatic rings. The number of nitrogens with one attached hydrogen (secondary N) is 6. The predicted octanol–water partition coefficient (Wildman–Crippen LogP) is 12.5. The van der Waals surface area contributed by atoms with Gasteiger partial charge in [-0.15, -0.1) is 0 Å². The lowest BCUT2D eigenvalue weighted by molar-refractivity contribution is -0.0419. The predicted molar refractivity (Wildman–Crippen MR) is 503 cm³/mol. The summed E-state index contributed by atoms with van der Waals surface area (Å²) in [6.45, 7) is 50.1. The van der Waals surface area contributed by atoms with Crippen LogP contribution in [0.15, 0.2) is 176 Å². The number of aliphatic imine (C=N–C) groups is 6. The van der Waals surface area contributed by atoms with Crippen molar-refractivity contribution in [1.29, 1.82) is 0 Å². The Morgan fingerprint density at radius 1 is 0.331 bits per heavy atom. The fourth-order valence-electron chi connectivity index (χ4n) is 11.0. The third-order valence-corrected chi connectivity index (χ3v) is 18.7. The Hall–Kier alpha value is -9.65. The number of halogens is 5. The van der Waals surface area contributed by atoms with Gasteiger partial charge in [-0.1, -0.05) is 277 Å². The molecule has 0 spiro atoms. The Kier molecular flexibility index (Phi) is 49.4. The molecule has 678 valence electrons. The van der Waals surface area contributed by atoms with E-state index in [0.717, 1.165) is 42.7 Å². The monoisotopic (exact) mass is 1690 g/mol. The molecule has 5 atom stereocenters. The van der Waals surface area contributed by atoms with E-state index in [2.05, 4.69) is 285 Å². The van der Waals surface area contributed by atoms with E-state index in [1.54, 1.807) is 0 Å². The number of benzene rings is 6. The van der Waals surface area contributed by atoms with Crippen molar-refractivity contribution in [2.24, 2.45) is 105 Å². The summed E-state index contributed by atoms with van der Waals surface area (Å²) in [5, 5.41) is 17.8. The fraction of sp³-hybridized carbons (Fsp3) is 0.543. The zero-order chi connectivity index (χ0) is 92.0. The van der Waals surface area contributed by atoms with E-state index >= 15 is 0 Å². The summed E-state index contributed by atoms with van der Waals surface area (Å²) in [6, 6.07) is 46.8. The third kappa shape index (κ3) is 53.0. The molecule has 5 unspecified atom stereocenters. The van der Waals surface area contributed by atoms with Gasteiger partial charge in [0.2, 0.25) is 0 Å². The molecule has 29 heteroatoms. The molecule has 6 aromatic carbocycles. The van der Waals surface area contributed by atoms with Gasteiger partial charge in [0.1, 0.15) is 6.17 Å². The third-order valence-electron chi connectivity index (χ3n) is 18.7. The minimum atomic E-state index is -3.00. The van der Waals surface area contributed by atoms with Gasteiger partial charge in [0.15, 0.2) is 48.3 Å². The summed E-state index contributed by atoms with van der Waals surface area (Å²) >= 11 is 0. The van der Waals surface area contributed by atoms with Crippen LogP contribution in [0.2, 0.25) is 0 Å². The molecule has 0 aromatic heterocycles. The number of nitrogens with two attached hydrogens (primary N) is 12. The van der Waals surface area contributed by atoms with Crippen LogP contribution in [0.4, 0.5) is 22.0 Å². The van der Waals surface area contributed by atoms with Crippen molar-refractivity contribution < 1.29 is 22.0 Å². The minimum absolute atomic E-state index is 0.00169. The highest BCUT2D eigenvalue weighted by Gasteiger charge is 2.28. The summed E-state index contributed by atoms with van der Waals surface area (Å²) in [7, 11) is 0. The molecule has 0 aliphatic carbocycles. The van der Waals surface area contributed by atoms with Crippen LogP contribution >= 0.6 is 0 Å². The summed E-state index contributed by atoms with van der Waals surface area (Å²) in [4.78, 5) is 22.8. The summed E-state index contributed by atoms with van der Waals surface area (Å²) < 4.78 is 68.0. The first-order valence-corrected chi connectivity index (χ1v) is 41.6. The average Bonchev–Trinajstić information content (AvgIpc) is 0.863. The highest BCUT2D eigenvalue weighted by Crippen LogP contribution is 2.29. The molecule has 0 bridgehead atoms. The lowest BCUT2D eigenvalue weighted by Crippen LogP contribution is -2.37. The van der Waals surface area contributed by atoms with E-state index in [0.29, 0.717) is 69.8 Å². The molecule has 0 fully saturated rings. The normalized spacial score (nSPS) is 12.9. The number of hydrogen-bond acceptors (Lipinski definition) is 12. The average molecular weight is 1690 g/mol. The molecule has 0 amide bonds. The van der Waals surface area contributed by atoms with Gasteiger partial charge >= 0.3 is 6.05 Å². The Labute approximate surface area is 722 Å². The van der Waals surface area contributed by atoms with Crippen LogP contribution in [0, 0.1) is 5.92 Å². The summed E-state index contributed by atoms with van der Waals surface area (Å²) in [5.74, 6) is 0.555. The maximum atomic E-state index is 14.0. The molecule has 0 saturated heterocycles. The van der Waals surface area contributed by atoms with E-state index in [1.165, 1.54) is 44.5 Å². The van der Waals surface area contributed by atoms with Crippen molar-refractivity contribution in [2.75, 3.05) is 65.4 Å². The first kappa shape index (κ1) is 109. The number of nitrogens with zero attached hydrogens (tertiary/aromatic N) is 6. The van der Waals surface area contributed by atoms with Crippen molar-refractivity contribution in [3.05, 3.63) is 212 Å². The summed E-state index contributed by atoms with van der Waals surface area (Å²) in [5.41, 5.74) is 77.2. The molecule has 0 radical (unpaired) electrons. The van der Waals surface area contributed by atoms with Gasteiger partial charge in [-0.05, 0) is 139 Å². The molecular formula is C92H155F5N24. The molecule has 6 rings (SSSR count). The minimum Gasteiger partial charge on any atom is -0.370 e. The Morgan fingerprint density at radius 3 is 0.983 bits per heavy atom. The largest absolute Gasteiger partial charge is 0.370 e. The van der Waals surface area contributed by atoms with E-state index < -0.39 is 31.2 Å². The van der Waals surface area contributed by atoms with E-state index in [4.69, 9.17) is 68.8 Å². The number of guanidine groups is 6. The van der Waals surface area contributed by atoms with Gasteiger partial charge in [-0.2, -0.15) is 8.78 Å². The van der Waals surface area contributed by atoms with Crippen LogP contribution < -0.4 is 101 Å². The second-order valence-corrected chi connectivity index (χ2v) is 36.4. The van der Waals surface area contributed by atoms with Crippen LogP contribution in [-0.2, 0) is 58.7 Å². The molecule has 24 nitrogen and oxygen atoms in total. The van der Waals surface area contributed by atoms with Crippen molar-refractivity contribution in [3.8, 4) is 0 Å². The highest BCUT2D eigenvalue weighted by molar-refractivity contribution is 5.77. The van der Waals surface area contributed by atoms with Crippen LogP contribution in [0.5, 0.6) is 0 Å². The first-order chi connectivity index (χ1) is 56.1. The quantitative estimate of drug-likeness (QED) is 0.00571. The lowest BCUT2D eigenvalue weighted by atomic mass is 9.86. The van der Waals surface area contributed by atoms with Crippen molar-refractivity contribution in [1.82, 2.24) is 31.9 Å². The van der Waals surface area contributed by atoms with Gasteiger partial charge in [0.05, 0.1) is 6.54 Å². The smallest absolute Gasteiger partial charge is 0.304 e. The first-order valence-electron chi connectivity index (χ1n) is 41.6. The van der Waals surface area contributed by atoms with Gasteiger partial charge in [-0.3, -0.25) is 45.9 Å². The summed E-state index contributed by atoms with van der Waals surface area (Å²) in [6.07, 6.45) is -1.90. The second-order valence-electron chi connectivity index (χ2n) is 36.4. The van der Waals surface area contributed by atoms with Gasteiger partial charge in [-0.25, -0.2) is 13.2 Å². The van der Waals surface area contributed by atoms with E-state index in [1.807, 2.05) is 60.7 Å². The van der Waals surface area contributed by atoms with Gasteiger partial charge < -0.3 is 84.8 Å². The van der Waals surface area contributed by atoms with Crippen LogP contribution in [0.1, 0.15) is 243 Å². The van der Waals surface area contributed by atoms with Crippen molar-refractivity contribution in [2.45, 2.75) is 254 Å². The van der Waals surface area contributed by atoms with E-state index in [-0.39, 0.29) is 101 Å². The van der Waals surface area contributed by atoms with Crippen LogP contribution in [0.3, 0.4) is 0 Å². The standard InChI is InChI=1S/2C16H28N4.C15H24F2N4.3C15H25FN4/c1-12(19-10-5-11-20-15(17)18)13-6-8-14(9-7-13)16(2,3)4;1-12(10-20-15(17)18)9-19-11-13-5-7-14(8-6-13)16(2,3)4;1-14(2,3)12-6-4-11(5-7-12)10-21-15(16,17)8-9-20-13(18)19;1-15(2,3)12-7-5-11(6-8-12)13(16)19-9-4-10-20-14(17)18;1-15(2,3)12-6-4-11(5-7-12)8-19-9-13(16)10-20-14(17)18;1-15(2,3)12-6-4-11(5-7-12)10-20-13(16)8-9-19-14(17)18/h6-9,12,19H,5,10-11H2,1-4H3,(H4,17,18,20);5-8,12,19H,9-11H2,1-4H3,(H4,17,18,20);4-7,21H,8-10H2,1-3H3,(H4,18,19,20);5-8,13,19H,4,9-10H2,1-3H3,(H4,17,18,20);4-7,13,19H,8-10H2,1-3H3,(H4,17,18,20);4-7,13,20H,8-10H2,1-3H3,(H4,17,18,19). The number of alkyl halides is 5. The van der Waals surface area contributed by atoms with E-state index in [9.17, 15) is 22.0 Å². The SMILES string of the molecule is CC(C)(C)c1ccc(C(F)NCCCN=C(N)N)cc1.CC(C)(C)c1ccc(CNC(F)(F)CCN=C(N)N)cc1.CC(C)(C)c1ccc(CNC(F)CCN=C(N)N)cc1.CC(C)(C)c1ccc(CNCC(F)CN=C(N)N)cc1.CC(CN=C(N)N)CNCc1ccc(C(C)(C)C)cc1.CC(NCCCN=C(N)N)c1ccc(C(C)(C)C)cc1. The second kappa shape index (κ2) is 54.7. The van der Waals surface area contributed by atoms with Gasteiger partial charge in [0, 0.05) is 89.9 Å². The Balaban J connectivity index is 0.000000726. The molecular weight excluding hydrogens is 1540 g/mol. The number of rotatable bonds is 36. The molecule has 30 N–H and O–H groups in total. The molecule has 0 saturated carbocycles. The van der Waals surface area contributed by atoms with Crippen molar-refractivity contribution in [3.63, 3.8) is 0 Å². The Bertz CT molecular complexity index is 3790. The molecule has 121 heavy (non-hydrogen) atoms.